The fourth-order valence-corrected chi connectivity index (χ4v) is 4.08. The molecule has 3 aromatic rings. The molecule has 2 amide bonds. The summed E-state index contributed by atoms with van der Waals surface area (Å²) >= 11 is 0. The Labute approximate surface area is 193 Å². The topological polar surface area (TPSA) is 78.9 Å². The first-order chi connectivity index (χ1) is 16.2. The van der Waals surface area contributed by atoms with E-state index < -0.39 is 24.7 Å². The second-order valence-corrected chi connectivity index (χ2v) is 8.11. The van der Waals surface area contributed by atoms with Crippen molar-refractivity contribution < 1.29 is 32.6 Å². The average Bonchev–Trinajstić information content (AvgIpc) is 3.31. The summed E-state index contributed by atoms with van der Waals surface area (Å²) in [5.41, 5.74) is 0.698. The molecule has 1 aliphatic heterocycles. The number of benzene rings is 3. The summed E-state index contributed by atoms with van der Waals surface area (Å²) in [4.78, 5) is 27.5. The van der Waals surface area contributed by atoms with E-state index in [1.807, 2.05) is 12.1 Å². The molecule has 6 nitrogen and oxygen atoms in total. The number of phenols is 1. The van der Waals surface area contributed by atoms with Crippen molar-refractivity contribution in [2.45, 2.75) is 31.6 Å². The number of ether oxygens (including phenoxy) is 1. The van der Waals surface area contributed by atoms with E-state index in [2.05, 4.69) is 5.32 Å². The predicted octanol–water partition coefficient (Wildman–Crippen LogP) is 4.41. The van der Waals surface area contributed by atoms with E-state index in [0.717, 1.165) is 5.39 Å². The van der Waals surface area contributed by atoms with Gasteiger partial charge in [0.05, 0.1) is 5.56 Å². The van der Waals surface area contributed by atoms with Crippen molar-refractivity contribution in [1.29, 1.82) is 0 Å². The molecule has 0 radical (unpaired) electrons. The number of hydrogen-bond donors (Lipinski definition) is 2. The molecule has 178 valence electrons. The van der Waals surface area contributed by atoms with Gasteiger partial charge in [0.1, 0.15) is 17.5 Å². The zero-order valence-electron chi connectivity index (χ0n) is 18.1. The third kappa shape index (κ3) is 5.24. The van der Waals surface area contributed by atoms with E-state index in [9.17, 15) is 27.9 Å². The Kier molecular flexibility index (Phi) is 6.63. The van der Waals surface area contributed by atoms with Gasteiger partial charge in [-0.15, -0.1) is 0 Å². The maximum absolute atomic E-state index is 13.2. The number of carbonyl (C=O) groups is 2. The Hall–Kier alpha value is -3.75. The van der Waals surface area contributed by atoms with Crippen molar-refractivity contribution in [2.24, 2.45) is 0 Å². The number of phenolic OH excluding ortho intramolecular Hbond substituents is 1. The smallest absolute Gasteiger partial charge is 0.422 e. The van der Waals surface area contributed by atoms with Crippen molar-refractivity contribution in [2.75, 3.05) is 13.2 Å². The molecular formula is C25H23F3N2O4. The van der Waals surface area contributed by atoms with E-state index in [4.69, 9.17) is 4.74 Å². The van der Waals surface area contributed by atoms with Crippen LogP contribution in [-0.4, -0.2) is 47.2 Å². The van der Waals surface area contributed by atoms with Gasteiger partial charge in [0.2, 0.25) is 5.91 Å². The first-order valence-corrected chi connectivity index (χ1v) is 10.8. The monoisotopic (exact) mass is 472 g/mol. The lowest BCUT2D eigenvalue weighted by atomic mass is 10.0. The third-order valence-corrected chi connectivity index (χ3v) is 5.71. The summed E-state index contributed by atoms with van der Waals surface area (Å²) in [6.45, 7) is -0.949. The van der Waals surface area contributed by atoms with Gasteiger partial charge in [-0.1, -0.05) is 42.5 Å². The van der Waals surface area contributed by atoms with Gasteiger partial charge >= 0.3 is 6.18 Å². The van der Waals surface area contributed by atoms with E-state index in [1.54, 1.807) is 36.4 Å². The molecule has 1 fully saturated rings. The normalized spacial score (nSPS) is 16.0. The van der Waals surface area contributed by atoms with Crippen LogP contribution in [0.2, 0.25) is 0 Å². The van der Waals surface area contributed by atoms with Crippen LogP contribution in [0.15, 0.2) is 60.7 Å². The van der Waals surface area contributed by atoms with Gasteiger partial charge in [0.15, 0.2) is 6.61 Å². The number of amides is 2. The van der Waals surface area contributed by atoms with Crippen molar-refractivity contribution in [3.8, 4) is 11.5 Å². The fraction of sp³-hybridized carbons (Fsp3) is 0.280. The minimum absolute atomic E-state index is 0.0496. The molecule has 0 saturated carbocycles. The molecule has 34 heavy (non-hydrogen) atoms. The highest BCUT2D eigenvalue weighted by atomic mass is 19.4. The molecule has 3 aromatic carbocycles. The summed E-state index contributed by atoms with van der Waals surface area (Å²) in [6.07, 6.45) is -3.33. The molecule has 0 bridgehead atoms. The van der Waals surface area contributed by atoms with Crippen molar-refractivity contribution >= 4 is 22.6 Å². The highest BCUT2D eigenvalue weighted by Crippen LogP contribution is 2.31. The van der Waals surface area contributed by atoms with Crippen LogP contribution >= 0.6 is 0 Å². The van der Waals surface area contributed by atoms with Gasteiger partial charge in [-0.05, 0) is 42.0 Å². The van der Waals surface area contributed by atoms with Crippen LogP contribution in [-0.2, 0) is 11.3 Å². The highest BCUT2D eigenvalue weighted by Gasteiger charge is 2.35. The molecule has 0 aliphatic carbocycles. The van der Waals surface area contributed by atoms with Gasteiger partial charge in [0.25, 0.3) is 5.91 Å². The Balaban J connectivity index is 1.42. The van der Waals surface area contributed by atoms with Crippen molar-refractivity contribution in [3.63, 3.8) is 0 Å². The number of halogens is 3. The molecule has 1 aliphatic rings. The van der Waals surface area contributed by atoms with Crippen LogP contribution < -0.4 is 10.1 Å². The zero-order chi connectivity index (χ0) is 24.3. The lowest BCUT2D eigenvalue weighted by Gasteiger charge is -2.24. The van der Waals surface area contributed by atoms with Crippen molar-refractivity contribution in [3.05, 3.63) is 71.8 Å². The number of hydrogen-bond acceptors (Lipinski definition) is 4. The largest absolute Gasteiger partial charge is 0.506 e. The van der Waals surface area contributed by atoms with Gasteiger partial charge in [0, 0.05) is 18.5 Å². The van der Waals surface area contributed by atoms with Crippen LogP contribution in [0.3, 0.4) is 0 Å². The van der Waals surface area contributed by atoms with Gasteiger partial charge in [-0.3, -0.25) is 9.59 Å². The number of fused-ring (bicyclic) bond motifs is 1. The standard InChI is InChI=1S/C25H23F3N2O4/c26-25(27,28)15-34-18-7-3-5-16(13-18)14-29-23(32)21-9-4-12-30(21)24(33)20-11-10-17-6-1-2-8-19(17)22(20)31/h1-3,5-8,10-11,13,21,31H,4,9,12,14-15H2,(H,29,32). The van der Waals surface area contributed by atoms with Crippen LogP contribution in [0, 0.1) is 0 Å². The maximum atomic E-state index is 13.2. The Morgan fingerprint density at radius 3 is 2.68 bits per heavy atom. The first-order valence-electron chi connectivity index (χ1n) is 10.8. The molecule has 9 heteroatoms. The van der Waals surface area contributed by atoms with E-state index in [0.29, 0.717) is 30.3 Å². The molecule has 1 unspecified atom stereocenters. The number of alkyl halides is 3. The van der Waals surface area contributed by atoms with Crippen molar-refractivity contribution in [1.82, 2.24) is 10.2 Å². The molecule has 0 aromatic heterocycles. The second kappa shape index (κ2) is 9.62. The summed E-state index contributed by atoms with van der Waals surface area (Å²) < 4.78 is 41.8. The number of nitrogens with zero attached hydrogens (tertiary/aromatic N) is 1. The quantitative estimate of drug-likeness (QED) is 0.557. The number of aromatic hydroxyl groups is 1. The Bertz CT molecular complexity index is 1210. The molecular weight excluding hydrogens is 449 g/mol. The minimum Gasteiger partial charge on any atom is -0.506 e. The molecule has 1 heterocycles. The maximum Gasteiger partial charge on any atom is 0.422 e. The molecule has 1 saturated heterocycles. The predicted molar refractivity (Wildman–Crippen MR) is 120 cm³/mol. The molecule has 0 spiro atoms. The lowest BCUT2D eigenvalue weighted by molar-refractivity contribution is -0.153. The van der Waals surface area contributed by atoms with Crippen LogP contribution in [0.4, 0.5) is 13.2 Å². The van der Waals surface area contributed by atoms with E-state index >= 15 is 0 Å². The SMILES string of the molecule is O=C(NCc1cccc(OCC(F)(F)F)c1)C1CCCN1C(=O)c1ccc2ccccc2c1O. The first kappa shape index (κ1) is 23.4. The summed E-state index contributed by atoms with van der Waals surface area (Å²) in [7, 11) is 0. The van der Waals surface area contributed by atoms with Gasteiger partial charge < -0.3 is 20.1 Å². The second-order valence-electron chi connectivity index (χ2n) is 8.11. The molecule has 4 rings (SSSR count). The lowest BCUT2D eigenvalue weighted by Crippen LogP contribution is -2.45. The number of nitrogens with one attached hydrogen (secondary N) is 1. The highest BCUT2D eigenvalue weighted by molar-refractivity contribution is 6.05. The Morgan fingerprint density at radius 1 is 1.09 bits per heavy atom. The van der Waals surface area contributed by atoms with E-state index in [-0.39, 0.29) is 29.5 Å². The number of rotatable bonds is 6. The minimum atomic E-state index is -4.44. The molecule has 2 N–H and O–H groups in total. The summed E-state index contributed by atoms with van der Waals surface area (Å²) in [5, 5.41) is 14.8. The summed E-state index contributed by atoms with van der Waals surface area (Å²) in [6, 6.07) is 15.8. The average molecular weight is 472 g/mol. The number of carbonyl (C=O) groups excluding carboxylic acids is 2. The van der Waals surface area contributed by atoms with Crippen LogP contribution in [0.5, 0.6) is 11.5 Å². The van der Waals surface area contributed by atoms with Gasteiger partial charge in [-0.2, -0.15) is 13.2 Å². The van der Waals surface area contributed by atoms with Crippen LogP contribution in [0.25, 0.3) is 10.8 Å². The fourth-order valence-electron chi connectivity index (χ4n) is 4.08. The molecule has 1 atom stereocenters. The van der Waals surface area contributed by atoms with Gasteiger partial charge in [-0.25, -0.2) is 0 Å². The van der Waals surface area contributed by atoms with Crippen LogP contribution in [0.1, 0.15) is 28.8 Å². The van der Waals surface area contributed by atoms with E-state index in [1.165, 1.54) is 17.0 Å². The summed E-state index contributed by atoms with van der Waals surface area (Å²) in [5.74, 6) is -0.866. The Morgan fingerprint density at radius 2 is 1.88 bits per heavy atom. The zero-order valence-corrected chi connectivity index (χ0v) is 18.1. The third-order valence-electron chi connectivity index (χ3n) is 5.71. The number of likely N-dealkylation sites (tertiary alicyclic amines) is 1.